The van der Waals surface area contributed by atoms with Crippen molar-refractivity contribution in [3.8, 4) is 6.07 Å². The Morgan fingerprint density at radius 1 is 1.12 bits per heavy atom. The summed E-state index contributed by atoms with van der Waals surface area (Å²) in [5, 5.41) is 11.4. The van der Waals surface area contributed by atoms with Crippen LogP contribution in [0.4, 0.5) is 23.7 Å². The fourth-order valence-corrected chi connectivity index (χ4v) is 2.84. The average Bonchev–Trinajstić information content (AvgIpc) is 2.84. The van der Waals surface area contributed by atoms with Crippen LogP contribution in [0.25, 0.3) is 0 Å². The lowest BCUT2D eigenvalue weighted by atomic mass is 9.92. The minimum absolute atomic E-state index is 0.251. The maximum atomic E-state index is 13.2. The van der Waals surface area contributed by atoms with Crippen LogP contribution in [0.3, 0.4) is 0 Å². The smallest absolute Gasteiger partial charge is 0.319 e. The first-order chi connectivity index (χ1) is 12.2. The van der Waals surface area contributed by atoms with Gasteiger partial charge >= 0.3 is 12.2 Å². The van der Waals surface area contributed by atoms with Gasteiger partial charge in [-0.2, -0.15) is 18.4 Å². The van der Waals surface area contributed by atoms with Gasteiger partial charge in [0.25, 0.3) is 5.91 Å². The van der Waals surface area contributed by atoms with Crippen LogP contribution in [0.1, 0.15) is 23.6 Å². The summed E-state index contributed by atoms with van der Waals surface area (Å²) in [5.41, 5.74) is -2.93. The summed E-state index contributed by atoms with van der Waals surface area (Å²) in [6.45, 7) is 1.48. The molecule has 2 aromatic rings. The van der Waals surface area contributed by atoms with Crippen LogP contribution < -0.4 is 10.2 Å². The molecule has 0 aromatic heterocycles. The van der Waals surface area contributed by atoms with E-state index >= 15 is 0 Å². The number of anilines is 1. The number of halogens is 3. The Balaban J connectivity index is 2.07. The van der Waals surface area contributed by atoms with E-state index in [0.29, 0.717) is 16.5 Å². The first kappa shape index (κ1) is 17.5. The number of amides is 3. The van der Waals surface area contributed by atoms with E-state index in [-0.39, 0.29) is 5.69 Å². The highest BCUT2D eigenvalue weighted by atomic mass is 19.4. The Labute approximate surface area is 146 Å². The second kappa shape index (κ2) is 5.88. The van der Waals surface area contributed by atoms with E-state index in [1.54, 1.807) is 30.3 Å². The van der Waals surface area contributed by atoms with Crippen LogP contribution in [0.5, 0.6) is 0 Å². The summed E-state index contributed by atoms with van der Waals surface area (Å²) in [7, 11) is 0. The van der Waals surface area contributed by atoms with Gasteiger partial charge in [-0.15, -0.1) is 0 Å². The predicted octanol–water partition coefficient (Wildman–Crippen LogP) is 3.55. The molecule has 0 unspecified atom stereocenters. The molecule has 1 saturated heterocycles. The molecular weight excluding hydrogens is 347 g/mol. The van der Waals surface area contributed by atoms with Crippen LogP contribution >= 0.6 is 0 Å². The number of alkyl halides is 3. The molecule has 8 heteroatoms. The second-order valence-electron chi connectivity index (χ2n) is 5.90. The zero-order valence-corrected chi connectivity index (χ0v) is 13.5. The van der Waals surface area contributed by atoms with Crippen molar-refractivity contribution in [3.05, 3.63) is 65.2 Å². The maximum Gasteiger partial charge on any atom is 0.417 e. The van der Waals surface area contributed by atoms with E-state index < -0.39 is 34.8 Å². The number of urea groups is 1. The summed E-state index contributed by atoms with van der Waals surface area (Å²) in [6.07, 6.45) is -4.79. The Bertz CT molecular complexity index is 935. The minimum Gasteiger partial charge on any atom is -0.319 e. The van der Waals surface area contributed by atoms with Gasteiger partial charge < -0.3 is 5.32 Å². The van der Waals surface area contributed by atoms with Gasteiger partial charge in [0, 0.05) is 0 Å². The monoisotopic (exact) mass is 359 g/mol. The molecule has 1 aliphatic rings. The molecular formula is C18H12F3N3O2. The summed E-state index contributed by atoms with van der Waals surface area (Å²) >= 11 is 0. The summed E-state index contributed by atoms with van der Waals surface area (Å²) < 4.78 is 39.5. The topological polar surface area (TPSA) is 73.2 Å². The standard InChI is InChI=1S/C18H12F3N3O2/c1-17(12-5-3-2-4-6-12)15(25)24(16(26)23-17)13-8-7-11(10-22)14(9-13)18(19,20)21/h2-9H,1H3,(H,23,26)/t17-/m1/s1. The lowest BCUT2D eigenvalue weighted by molar-refractivity contribution is -0.137. The number of benzene rings is 2. The van der Waals surface area contributed by atoms with Gasteiger partial charge in [-0.3, -0.25) is 4.79 Å². The number of imide groups is 1. The molecule has 132 valence electrons. The van der Waals surface area contributed by atoms with E-state index in [1.165, 1.54) is 13.0 Å². The van der Waals surface area contributed by atoms with Crippen molar-refractivity contribution in [2.75, 3.05) is 4.90 Å². The van der Waals surface area contributed by atoms with Crippen LogP contribution in [0.15, 0.2) is 48.5 Å². The Morgan fingerprint density at radius 3 is 2.35 bits per heavy atom. The van der Waals surface area contributed by atoms with Gasteiger partial charge in [0.1, 0.15) is 5.54 Å². The minimum atomic E-state index is -4.79. The summed E-state index contributed by atoms with van der Waals surface area (Å²) in [5.74, 6) is -0.702. The Hall–Kier alpha value is -3.34. The van der Waals surface area contributed by atoms with Gasteiger partial charge in [0.15, 0.2) is 0 Å². The van der Waals surface area contributed by atoms with Crippen LogP contribution in [-0.2, 0) is 16.5 Å². The molecule has 5 nitrogen and oxygen atoms in total. The van der Waals surface area contributed by atoms with Crippen molar-refractivity contribution in [3.63, 3.8) is 0 Å². The number of carbonyl (C=O) groups is 2. The molecule has 1 heterocycles. The normalized spacial score (nSPS) is 20.0. The Kier molecular flexibility index (Phi) is 3.95. The fraction of sp³-hybridized carbons (Fsp3) is 0.167. The number of hydrogen-bond donors (Lipinski definition) is 1. The van der Waals surface area contributed by atoms with Gasteiger partial charge in [-0.1, -0.05) is 30.3 Å². The number of nitriles is 1. The molecule has 1 N–H and O–H groups in total. The molecule has 3 amide bonds. The third-order valence-corrected chi connectivity index (χ3v) is 4.23. The van der Waals surface area contributed by atoms with Gasteiger partial charge in [0.2, 0.25) is 0 Å². The van der Waals surface area contributed by atoms with Crippen molar-refractivity contribution >= 4 is 17.6 Å². The SMILES string of the molecule is C[C@]1(c2ccccc2)NC(=O)N(c2ccc(C#N)c(C(F)(F)F)c2)C1=O. The van der Waals surface area contributed by atoms with Crippen molar-refractivity contribution in [1.82, 2.24) is 5.32 Å². The van der Waals surface area contributed by atoms with E-state index in [4.69, 9.17) is 5.26 Å². The largest absolute Gasteiger partial charge is 0.417 e. The first-order valence-electron chi connectivity index (χ1n) is 7.52. The molecule has 0 spiro atoms. The van der Waals surface area contributed by atoms with E-state index in [1.807, 2.05) is 0 Å². The highest BCUT2D eigenvalue weighted by Gasteiger charge is 2.50. The molecule has 1 aliphatic heterocycles. The van der Waals surface area contributed by atoms with E-state index in [2.05, 4.69) is 5.32 Å². The highest BCUT2D eigenvalue weighted by molar-refractivity contribution is 6.23. The molecule has 0 radical (unpaired) electrons. The van der Waals surface area contributed by atoms with Crippen LogP contribution in [0, 0.1) is 11.3 Å². The van der Waals surface area contributed by atoms with Crippen molar-refractivity contribution < 1.29 is 22.8 Å². The van der Waals surface area contributed by atoms with Crippen molar-refractivity contribution in [2.24, 2.45) is 0 Å². The summed E-state index contributed by atoms with van der Waals surface area (Å²) in [4.78, 5) is 25.8. The number of carbonyl (C=O) groups excluding carboxylic acids is 2. The third-order valence-electron chi connectivity index (χ3n) is 4.23. The number of hydrogen-bond acceptors (Lipinski definition) is 3. The van der Waals surface area contributed by atoms with Gasteiger partial charge in [-0.25, -0.2) is 9.69 Å². The maximum absolute atomic E-state index is 13.2. The molecule has 26 heavy (non-hydrogen) atoms. The van der Waals surface area contributed by atoms with E-state index in [0.717, 1.165) is 12.1 Å². The fourth-order valence-electron chi connectivity index (χ4n) is 2.84. The predicted molar refractivity (Wildman–Crippen MR) is 86.0 cm³/mol. The van der Waals surface area contributed by atoms with E-state index in [9.17, 15) is 22.8 Å². The third kappa shape index (κ3) is 2.67. The van der Waals surface area contributed by atoms with Gasteiger partial charge in [0.05, 0.1) is 22.9 Å². The molecule has 1 atom stereocenters. The molecule has 2 aromatic carbocycles. The highest BCUT2D eigenvalue weighted by Crippen LogP contribution is 2.37. The van der Waals surface area contributed by atoms with Crippen LogP contribution in [0.2, 0.25) is 0 Å². The molecule has 3 rings (SSSR count). The zero-order valence-electron chi connectivity index (χ0n) is 13.5. The van der Waals surface area contributed by atoms with Gasteiger partial charge in [-0.05, 0) is 30.7 Å². The van der Waals surface area contributed by atoms with Crippen molar-refractivity contribution in [1.29, 1.82) is 5.26 Å². The molecule has 0 saturated carbocycles. The number of nitrogens with zero attached hydrogens (tertiary/aromatic N) is 2. The molecule has 0 bridgehead atoms. The lowest BCUT2D eigenvalue weighted by Gasteiger charge is -2.22. The second-order valence-corrected chi connectivity index (χ2v) is 5.90. The quantitative estimate of drug-likeness (QED) is 0.834. The van der Waals surface area contributed by atoms with Crippen LogP contribution in [-0.4, -0.2) is 11.9 Å². The number of nitrogens with one attached hydrogen (secondary N) is 1. The average molecular weight is 359 g/mol. The first-order valence-corrected chi connectivity index (χ1v) is 7.52. The Morgan fingerprint density at radius 2 is 1.77 bits per heavy atom. The molecule has 0 aliphatic carbocycles. The summed E-state index contributed by atoms with van der Waals surface area (Å²) in [6, 6.07) is 11.7. The zero-order chi connectivity index (χ0) is 19.1. The molecule has 1 fully saturated rings. The number of rotatable bonds is 2. The lowest BCUT2D eigenvalue weighted by Crippen LogP contribution is -2.40. The van der Waals surface area contributed by atoms with Crippen molar-refractivity contribution in [2.45, 2.75) is 18.6 Å².